The zero-order valence-electron chi connectivity index (χ0n) is 15.7. The number of hydrogen-bond acceptors (Lipinski definition) is 4. The molecule has 1 aliphatic rings. The molecule has 142 valence electrons. The largest absolute Gasteiger partial charge is 0.469 e. The Kier molecular flexibility index (Phi) is 7.18. The molecule has 1 fully saturated rings. The van der Waals surface area contributed by atoms with E-state index in [4.69, 9.17) is 4.74 Å². The maximum atomic E-state index is 12.5. The minimum atomic E-state index is -0.659. The number of hydrogen-bond donors (Lipinski definition) is 2. The molecule has 1 saturated carbocycles. The number of carbonyl (C=O) groups excluding carboxylic acids is 3. The van der Waals surface area contributed by atoms with Crippen LogP contribution < -0.4 is 10.6 Å². The molecule has 2 rings (SSSR count). The summed E-state index contributed by atoms with van der Waals surface area (Å²) in [6.45, 7) is 3.63. The zero-order valence-corrected chi connectivity index (χ0v) is 15.7. The van der Waals surface area contributed by atoms with Gasteiger partial charge in [-0.05, 0) is 32.3 Å². The van der Waals surface area contributed by atoms with E-state index in [1.807, 2.05) is 31.2 Å². The number of esters is 1. The fraction of sp³-hybridized carbons (Fsp3) is 0.550. The summed E-state index contributed by atoms with van der Waals surface area (Å²) >= 11 is 0. The van der Waals surface area contributed by atoms with Crippen LogP contribution in [0.1, 0.15) is 56.2 Å². The molecule has 0 aromatic heterocycles. The summed E-state index contributed by atoms with van der Waals surface area (Å²) < 4.78 is 4.74. The molecule has 2 amide bonds. The number of methoxy groups -OCH3 is 1. The molecule has 0 saturated heterocycles. The lowest BCUT2D eigenvalue weighted by Gasteiger charge is -2.22. The second-order valence-electron chi connectivity index (χ2n) is 6.96. The van der Waals surface area contributed by atoms with Gasteiger partial charge in [0.25, 0.3) is 0 Å². The van der Waals surface area contributed by atoms with Crippen LogP contribution in [0.25, 0.3) is 0 Å². The molecule has 2 atom stereocenters. The van der Waals surface area contributed by atoms with Crippen molar-refractivity contribution >= 4 is 17.8 Å². The normalized spacial score (nSPS) is 16.6. The second kappa shape index (κ2) is 9.36. The van der Waals surface area contributed by atoms with Gasteiger partial charge >= 0.3 is 5.97 Å². The number of carbonyl (C=O) groups is 3. The molecule has 1 aliphatic carbocycles. The van der Waals surface area contributed by atoms with Gasteiger partial charge in [-0.3, -0.25) is 14.4 Å². The van der Waals surface area contributed by atoms with Crippen LogP contribution in [0, 0.1) is 12.8 Å². The van der Waals surface area contributed by atoms with Crippen LogP contribution >= 0.6 is 0 Å². The quantitative estimate of drug-likeness (QED) is 0.732. The summed E-state index contributed by atoms with van der Waals surface area (Å²) in [6, 6.07) is 6.46. The molecule has 0 radical (unpaired) electrons. The van der Waals surface area contributed by atoms with E-state index in [1.54, 1.807) is 6.92 Å². The molecule has 0 unspecified atom stereocenters. The van der Waals surface area contributed by atoms with Crippen molar-refractivity contribution in [3.05, 3.63) is 35.4 Å². The van der Waals surface area contributed by atoms with E-state index >= 15 is 0 Å². The predicted octanol–water partition coefficient (Wildman–Crippen LogP) is 2.41. The van der Waals surface area contributed by atoms with Crippen LogP contribution in [-0.4, -0.2) is 30.9 Å². The van der Waals surface area contributed by atoms with Gasteiger partial charge in [-0.2, -0.15) is 0 Å². The summed E-state index contributed by atoms with van der Waals surface area (Å²) in [7, 11) is 1.32. The maximum absolute atomic E-state index is 12.5. The molecule has 0 aliphatic heterocycles. The molecule has 6 heteroatoms. The first-order chi connectivity index (χ1) is 12.4. The third-order valence-electron chi connectivity index (χ3n) is 4.87. The number of nitrogens with one attached hydrogen (secondary N) is 2. The molecule has 1 aromatic rings. The molecule has 0 spiro atoms. The summed E-state index contributed by atoms with van der Waals surface area (Å²) in [5.41, 5.74) is 1.91. The average Bonchev–Trinajstić information content (AvgIpc) is 3.16. The first-order valence-electron chi connectivity index (χ1n) is 9.15. The Morgan fingerprint density at radius 3 is 2.31 bits per heavy atom. The second-order valence-corrected chi connectivity index (χ2v) is 6.96. The van der Waals surface area contributed by atoms with Crippen LogP contribution in [-0.2, 0) is 19.1 Å². The van der Waals surface area contributed by atoms with Gasteiger partial charge in [0.2, 0.25) is 11.8 Å². The predicted molar refractivity (Wildman–Crippen MR) is 98.3 cm³/mol. The van der Waals surface area contributed by atoms with Gasteiger partial charge in [0.1, 0.15) is 6.04 Å². The Labute approximate surface area is 154 Å². The van der Waals surface area contributed by atoms with E-state index in [0.717, 1.165) is 36.8 Å². The van der Waals surface area contributed by atoms with Crippen LogP contribution in [0.5, 0.6) is 0 Å². The number of benzene rings is 1. The van der Waals surface area contributed by atoms with Crippen molar-refractivity contribution in [2.75, 3.05) is 7.11 Å². The smallest absolute Gasteiger partial charge is 0.307 e. The topological polar surface area (TPSA) is 84.5 Å². The highest BCUT2D eigenvalue weighted by atomic mass is 16.5. The van der Waals surface area contributed by atoms with Gasteiger partial charge in [0, 0.05) is 5.92 Å². The molecular weight excluding hydrogens is 332 g/mol. The molecule has 0 bridgehead atoms. The van der Waals surface area contributed by atoms with Gasteiger partial charge in [0.15, 0.2) is 0 Å². The van der Waals surface area contributed by atoms with Gasteiger partial charge in [-0.15, -0.1) is 0 Å². The lowest BCUT2D eigenvalue weighted by molar-refractivity contribution is -0.141. The molecule has 1 aromatic carbocycles. The molecule has 0 heterocycles. The number of ether oxygens (including phenoxy) is 1. The van der Waals surface area contributed by atoms with E-state index in [2.05, 4.69) is 10.6 Å². The highest BCUT2D eigenvalue weighted by Crippen LogP contribution is 2.25. The Hall–Kier alpha value is -2.37. The average molecular weight is 360 g/mol. The van der Waals surface area contributed by atoms with E-state index in [0.29, 0.717) is 0 Å². The Morgan fingerprint density at radius 2 is 1.73 bits per heavy atom. The Bertz CT molecular complexity index is 636. The summed E-state index contributed by atoms with van der Waals surface area (Å²) in [4.78, 5) is 36.5. The maximum Gasteiger partial charge on any atom is 0.307 e. The van der Waals surface area contributed by atoms with Crippen LogP contribution in [0.3, 0.4) is 0 Å². The van der Waals surface area contributed by atoms with Crippen molar-refractivity contribution in [3.63, 3.8) is 0 Å². The SMILES string of the molecule is COC(=O)C[C@H](NC(=O)[C@@H](C)NC(=O)C1CCCC1)c1ccc(C)cc1. The van der Waals surface area contributed by atoms with Crippen molar-refractivity contribution < 1.29 is 19.1 Å². The Balaban J connectivity index is 2.00. The van der Waals surface area contributed by atoms with Crippen molar-refractivity contribution in [1.29, 1.82) is 0 Å². The molecular formula is C20H28N2O4. The first kappa shape index (κ1) is 19.9. The highest BCUT2D eigenvalue weighted by molar-refractivity contribution is 5.88. The third kappa shape index (κ3) is 5.58. The minimum Gasteiger partial charge on any atom is -0.469 e. The van der Waals surface area contributed by atoms with Gasteiger partial charge in [-0.25, -0.2) is 0 Å². The first-order valence-corrected chi connectivity index (χ1v) is 9.15. The Morgan fingerprint density at radius 1 is 1.12 bits per heavy atom. The number of rotatable bonds is 7. The van der Waals surface area contributed by atoms with Crippen molar-refractivity contribution in [1.82, 2.24) is 10.6 Å². The van der Waals surface area contributed by atoms with Gasteiger partial charge < -0.3 is 15.4 Å². The minimum absolute atomic E-state index is 0.00761. The van der Waals surface area contributed by atoms with Crippen molar-refractivity contribution in [2.45, 2.75) is 58.0 Å². The van der Waals surface area contributed by atoms with Gasteiger partial charge in [-0.1, -0.05) is 42.7 Å². The van der Waals surface area contributed by atoms with E-state index in [9.17, 15) is 14.4 Å². The fourth-order valence-electron chi connectivity index (χ4n) is 3.18. The summed E-state index contributed by atoms with van der Waals surface area (Å²) in [5.74, 6) is -0.775. The van der Waals surface area contributed by atoms with Crippen LogP contribution in [0.15, 0.2) is 24.3 Å². The van der Waals surface area contributed by atoms with E-state index in [-0.39, 0.29) is 24.2 Å². The van der Waals surface area contributed by atoms with Crippen molar-refractivity contribution in [2.24, 2.45) is 5.92 Å². The van der Waals surface area contributed by atoms with Gasteiger partial charge in [0.05, 0.1) is 19.6 Å². The van der Waals surface area contributed by atoms with Crippen molar-refractivity contribution in [3.8, 4) is 0 Å². The van der Waals surface area contributed by atoms with E-state index < -0.39 is 18.1 Å². The molecule has 6 nitrogen and oxygen atoms in total. The van der Waals surface area contributed by atoms with Crippen LogP contribution in [0.4, 0.5) is 0 Å². The lowest BCUT2D eigenvalue weighted by Crippen LogP contribution is -2.47. The lowest BCUT2D eigenvalue weighted by atomic mass is 10.0. The summed E-state index contributed by atoms with van der Waals surface area (Å²) in [5, 5.41) is 5.65. The highest BCUT2D eigenvalue weighted by Gasteiger charge is 2.27. The number of amides is 2. The molecule has 26 heavy (non-hydrogen) atoms. The third-order valence-corrected chi connectivity index (χ3v) is 4.87. The fourth-order valence-corrected chi connectivity index (χ4v) is 3.18. The number of aryl methyl sites for hydroxylation is 1. The standard InChI is InChI=1S/C20H28N2O4/c1-13-8-10-15(11-9-13)17(12-18(23)26-3)22-19(24)14(2)21-20(25)16-6-4-5-7-16/h8-11,14,16-17H,4-7,12H2,1-3H3,(H,21,25)(H,22,24)/t14-,17+/m1/s1. The summed E-state index contributed by atoms with van der Waals surface area (Å²) in [6.07, 6.45) is 3.93. The zero-order chi connectivity index (χ0) is 19.1. The van der Waals surface area contributed by atoms with Crippen LogP contribution in [0.2, 0.25) is 0 Å². The van der Waals surface area contributed by atoms with E-state index in [1.165, 1.54) is 7.11 Å². The monoisotopic (exact) mass is 360 g/mol. The molecule has 2 N–H and O–H groups in total.